The Kier molecular flexibility index (Phi) is 5.16. The molecule has 2 aromatic rings. The summed E-state index contributed by atoms with van der Waals surface area (Å²) < 4.78 is 0. The zero-order valence-corrected chi connectivity index (χ0v) is 13.1. The number of nitrogens with one attached hydrogen (secondary N) is 1. The number of pyridine rings is 1. The maximum atomic E-state index is 9.29. The number of para-hydroxylation sites is 1. The van der Waals surface area contributed by atoms with Crippen molar-refractivity contribution in [2.24, 2.45) is 5.92 Å². The molecular formula is C18H23N3. The van der Waals surface area contributed by atoms with E-state index in [2.05, 4.69) is 37.1 Å². The second-order valence-corrected chi connectivity index (χ2v) is 6.05. The van der Waals surface area contributed by atoms with Crippen LogP contribution in [0.1, 0.15) is 45.6 Å². The number of nitriles is 1. The summed E-state index contributed by atoms with van der Waals surface area (Å²) in [5.74, 6) is 1.54. The van der Waals surface area contributed by atoms with Gasteiger partial charge in [-0.05, 0) is 31.4 Å². The number of anilines is 1. The minimum Gasteiger partial charge on any atom is -0.368 e. The van der Waals surface area contributed by atoms with Crippen LogP contribution in [0.15, 0.2) is 30.3 Å². The molecule has 0 fully saturated rings. The Morgan fingerprint density at radius 1 is 1.19 bits per heavy atom. The van der Waals surface area contributed by atoms with Gasteiger partial charge in [-0.25, -0.2) is 4.98 Å². The summed E-state index contributed by atoms with van der Waals surface area (Å²) in [7, 11) is 0. The quantitative estimate of drug-likeness (QED) is 0.832. The van der Waals surface area contributed by atoms with E-state index >= 15 is 0 Å². The van der Waals surface area contributed by atoms with Crippen molar-refractivity contribution in [3.63, 3.8) is 0 Å². The zero-order valence-electron chi connectivity index (χ0n) is 13.1. The SMILES string of the molecule is CC(C)CCCC(C)Nc1cc(C#N)c2ccccc2n1. The maximum Gasteiger partial charge on any atom is 0.128 e. The third-order valence-corrected chi connectivity index (χ3v) is 3.65. The van der Waals surface area contributed by atoms with E-state index in [1.165, 1.54) is 12.8 Å². The number of benzene rings is 1. The van der Waals surface area contributed by atoms with Crippen molar-refractivity contribution < 1.29 is 0 Å². The van der Waals surface area contributed by atoms with Crippen molar-refractivity contribution in [3.05, 3.63) is 35.9 Å². The molecule has 0 amide bonds. The van der Waals surface area contributed by atoms with Crippen molar-refractivity contribution in [2.45, 2.75) is 46.1 Å². The van der Waals surface area contributed by atoms with Crippen LogP contribution in [0.2, 0.25) is 0 Å². The molecule has 0 aliphatic rings. The van der Waals surface area contributed by atoms with Crippen LogP contribution in [0.25, 0.3) is 10.9 Å². The molecule has 0 saturated carbocycles. The van der Waals surface area contributed by atoms with E-state index in [1.54, 1.807) is 0 Å². The van der Waals surface area contributed by atoms with Gasteiger partial charge in [0.15, 0.2) is 0 Å². The van der Waals surface area contributed by atoms with Gasteiger partial charge >= 0.3 is 0 Å². The summed E-state index contributed by atoms with van der Waals surface area (Å²) >= 11 is 0. The van der Waals surface area contributed by atoms with Gasteiger partial charge in [0.25, 0.3) is 0 Å². The minimum atomic E-state index is 0.365. The normalized spacial score (nSPS) is 12.3. The molecule has 0 aliphatic heterocycles. The van der Waals surface area contributed by atoms with Crippen LogP contribution in [0.4, 0.5) is 5.82 Å². The minimum absolute atomic E-state index is 0.365. The number of fused-ring (bicyclic) bond motifs is 1. The summed E-state index contributed by atoms with van der Waals surface area (Å²) in [6.45, 7) is 6.67. The number of rotatable bonds is 6. The van der Waals surface area contributed by atoms with Gasteiger partial charge in [-0.15, -0.1) is 0 Å². The molecule has 1 aromatic heterocycles. The molecule has 1 atom stereocenters. The third kappa shape index (κ3) is 4.19. The van der Waals surface area contributed by atoms with E-state index in [9.17, 15) is 5.26 Å². The molecule has 0 radical (unpaired) electrons. The Labute approximate surface area is 127 Å². The monoisotopic (exact) mass is 281 g/mol. The lowest BCUT2D eigenvalue weighted by molar-refractivity contribution is 0.520. The molecule has 1 N–H and O–H groups in total. The number of nitrogens with zero attached hydrogens (tertiary/aromatic N) is 2. The topological polar surface area (TPSA) is 48.7 Å². The summed E-state index contributed by atoms with van der Waals surface area (Å²) in [6.07, 6.45) is 3.58. The van der Waals surface area contributed by atoms with Crippen molar-refractivity contribution in [1.82, 2.24) is 4.98 Å². The smallest absolute Gasteiger partial charge is 0.128 e. The van der Waals surface area contributed by atoms with Crippen molar-refractivity contribution in [2.75, 3.05) is 5.32 Å². The van der Waals surface area contributed by atoms with E-state index in [0.29, 0.717) is 11.6 Å². The lowest BCUT2D eigenvalue weighted by Gasteiger charge is -2.16. The lowest BCUT2D eigenvalue weighted by Crippen LogP contribution is -2.16. The molecule has 0 saturated heterocycles. The first kappa shape index (κ1) is 15.3. The van der Waals surface area contributed by atoms with Gasteiger partial charge in [-0.3, -0.25) is 0 Å². The Morgan fingerprint density at radius 2 is 1.95 bits per heavy atom. The third-order valence-electron chi connectivity index (χ3n) is 3.65. The number of hydrogen-bond acceptors (Lipinski definition) is 3. The second kappa shape index (κ2) is 7.08. The maximum absolute atomic E-state index is 9.29. The predicted octanol–water partition coefficient (Wildman–Crippen LogP) is 4.73. The molecule has 1 aromatic carbocycles. The van der Waals surface area contributed by atoms with Crippen LogP contribution in [0.5, 0.6) is 0 Å². The van der Waals surface area contributed by atoms with Crippen molar-refractivity contribution >= 4 is 16.7 Å². The molecule has 0 aliphatic carbocycles. The Hall–Kier alpha value is -2.08. The van der Waals surface area contributed by atoms with Crippen molar-refractivity contribution in [3.8, 4) is 6.07 Å². The molecule has 110 valence electrons. The fourth-order valence-electron chi connectivity index (χ4n) is 2.50. The molecule has 3 heteroatoms. The first-order chi connectivity index (χ1) is 10.1. The Bertz CT molecular complexity index is 640. The van der Waals surface area contributed by atoms with Crippen LogP contribution in [-0.2, 0) is 0 Å². The average Bonchev–Trinajstić information content (AvgIpc) is 2.46. The molecule has 2 rings (SSSR count). The molecule has 1 unspecified atom stereocenters. The number of hydrogen-bond donors (Lipinski definition) is 1. The fourth-order valence-corrected chi connectivity index (χ4v) is 2.50. The summed E-state index contributed by atoms with van der Waals surface area (Å²) in [5, 5.41) is 13.6. The van der Waals surface area contributed by atoms with Gasteiger partial charge in [0.05, 0.1) is 17.1 Å². The largest absolute Gasteiger partial charge is 0.368 e. The van der Waals surface area contributed by atoms with Crippen LogP contribution in [0.3, 0.4) is 0 Å². The highest BCUT2D eigenvalue weighted by Gasteiger charge is 2.08. The lowest BCUT2D eigenvalue weighted by atomic mass is 10.0. The Balaban J connectivity index is 2.10. The standard InChI is InChI=1S/C18H23N3/c1-13(2)7-6-8-14(3)20-18-11-15(12-19)16-9-4-5-10-17(16)21-18/h4-5,9-11,13-14H,6-8H2,1-3H3,(H,20,21). The van der Waals surface area contributed by atoms with E-state index in [4.69, 9.17) is 0 Å². The van der Waals surface area contributed by atoms with Gasteiger partial charge in [0.1, 0.15) is 5.82 Å². The molecule has 0 spiro atoms. The summed E-state index contributed by atoms with van der Waals surface area (Å²) in [4.78, 5) is 4.60. The van der Waals surface area contributed by atoms with E-state index in [1.807, 2.05) is 30.3 Å². The zero-order chi connectivity index (χ0) is 15.2. The second-order valence-electron chi connectivity index (χ2n) is 6.05. The molecule has 21 heavy (non-hydrogen) atoms. The van der Waals surface area contributed by atoms with Gasteiger partial charge in [0.2, 0.25) is 0 Å². The van der Waals surface area contributed by atoms with E-state index < -0.39 is 0 Å². The molecule has 3 nitrogen and oxygen atoms in total. The van der Waals surface area contributed by atoms with Gasteiger partial charge in [0, 0.05) is 11.4 Å². The fraction of sp³-hybridized carbons (Fsp3) is 0.444. The van der Waals surface area contributed by atoms with Crippen molar-refractivity contribution in [1.29, 1.82) is 5.26 Å². The van der Waals surface area contributed by atoms with E-state index in [0.717, 1.165) is 29.1 Å². The number of aromatic nitrogens is 1. The molecular weight excluding hydrogens is 258 g/mol. The Morgan fingerprint density at radius 3 is 2.67 bits per heavy atom. The first-order valence-corrected chi connectivity index (χ1v) is 7.66. The summed E-state index contributed by atoms with van der Waals surface area (Å²) in [5.41, 5.74) is 1.55. The average molecular weight is 281 g/mol. The predicted molar refractivity (Wildman–Crippen MR) is 88.2 cm³/mol. The van der Waals surface area contributed by atoms with E-state index in [-0.39, 0.29) is 0 Å². The first-order valence-electron chi connectivity index (χ1n) is 7.66. The van der Waals surface area contributed by atoms with Gasteiger partial charge in [-0.2, -0.15) is 5.26 Å². The van der Waals surface area contributed by atoms with Gasteiger partial charge in [-0.1, -0.05) is 44.9 Å². The van der Waals surface area contributed by atoms with Crippen LogP contribution >= 0.6 is 0 Å². The van der Waals surface area contributed by atoms with Gasteiger partial charge < -0.3 is 5.32 Å². The highest BCUT2D eigenvalue weighted by Crippen LogP contribution is 2.21. The van der Waals surface area contributed by atoms with Crippen LogP contribution < -0.4 is 5.32 Å². The van der Waals surface area contributed by atoms with Crippen LogP contribution in [-0.4, -0.2) is 11.0 Å². The molecule has 1 heterocycles. The highest BCUT2D eigenvalue weighted by atomic mass is 15.0. The highest BCUT2D eigenvalue weighted by molar-refractivity contribution is 5.86. The molecule has 0 bridgehead atoms. The summed E-state index contributed by atoms with van der Waals surface area (Å²) in [6, 6.07) is 12.3. The van der Waals surface area contributed by atoms with Crippen LogP contribution in [0, 0.1) is 17.2 Å².